The van der Waals surface area contributed by atoms with Crippen molar-refractivity contribution >= 4 is 11.9 Å². The molecular formula is C28H38FNO4. The molecule has 0 saturated heterocycles. The third-order valence-electron chi connectivity index (χ3n) is 8.47. The van der Waals surface area contributed by atoms with Gasteiger partial charge in [-0.1, -0.05) is 32.1 Å². The van der Waals surface area contributed by atoms with Crippen molar-refractivity contribution in [3.8, 4) is 5.75 Å². The first kappa shape index (κ1) is 23.6. The highest BCUT2D eigenvalue weighted by Crippen LogP contribution is 2.46. The lowest BCUT2D eigenvalue weighted by molar-refractivity contribution is -0.139. The van der Waals surface area contributed by atoms with Crippen LogP contribution in [0.3, 0.4) is 0 Å². The van der Waals surface area contributed by atoms with E-state index in [2.05, 4.69) is 5.32 Å². The predicted molar refractivity (Wildman–Crippen MR) is 128 cm³/mol. The molecule has 186 valence electrons. The Balaban J connectivity index is 1.18. The van der Waals surface area contributed by atoms with E-state index in [1.165, 1.54) is 51.0 Å². The molecule has 1 amide bonds. The normalized spacial score (nSPS) is 27.1. The van der Waals surface area contributed by atoms with Crippen LogP contribution in [-0.2, 0) is 4.79 Å². The van der Waals surface area contributed by atoms with Crippen molar-refractivity contribution in [1.29, 1.82) is 0 Å². The number of hydrogen-bond donors (Lipinski definition) is 2. The van der Waals surface area contributed by atoms with Crippen molar-refractivity contribution in [1.82, 2.24) is 5.32 Å². The van der Waals surface area contributed by atoms with Crippen LogP contribution in [0.4, 0.5) is 4.39 Å². The molecule has 2 N–H and O–H groups in total. The van der Waals surface area contributed by atoms with E-state index in [4.69, 9.17) is 4.74 Å². The van der Waals surface area contributed by atoms with Gasteiger partial charge in [0.2, 0.25) is 0 Å². The molecule has 4 aliphatic rings. The Bertz CT molecular complexity index is 898. The molecule has 2 unspecified atom stereocenters. The molecule has 4 saturated carbocycles. The summed E-state index contributed by atoms with van der Waals surface area (Å²) < 4.78 is 21.0. The van der Waals surface area contributed by atoms with E-state index in [0.29, 0.717) is 30.6 Å². The Morgan fingerprint density at radius 3 is 2.41 bits per heavy atom. The van der Waals surface area contributed by atoms with Gasteiger partial charge in [0.15, 0.2) is 0 Å². The molecule has 1 aromatic carbocycles. The van der Waals surface area contributed by atoms with Crippen molar-refractivity contribution < 1.29 is 23.8 Å². The molecule has 0 aliphatic heterocycles. The summed E-state index contributed by atoms with van der Waals surface area (Å²) in [5.74, 6) is 1.48. The van der Waals surface area contributed by atoms with Crippen molar-refractivity contribution in [2.45, 2.75) is 95.4 Å². The zero-order valence-electron chi connectivity index (χ0n) is 20.1. The summed E-state index contributed by atoms with van der Waals surface area (Å²) in [5, 5.41) is 12.0. The topological polar surface area (TPSA) is 75.6 Å². The fourth-order valence-corrected chi connectivity index (χ4v) is 6.39. The van der Waals surface area contributed by atoms with E-state index in [-0.39, 0.29) is 5.56 Å². The number of aliphatic carboxylic acids is 1. The molecule has 3 atom stereocenters. The van der Waals surface area contributed by atoms with E-state index in [0.717, 1.165) is 55.4 Å². The van der Waals surface area contributed by atoms with Gasteiger partial charge in [-0.05, 0) is 92.6 Å². The Morgan fingerprint density at radius 2 is 1.76 bits per heavy atom. The van der Waals surface area contributed by atoms with E-state index < -0.39 is 23.7 Å². The van der Waals surface area contributed by atoms with Crippen LogP contribution >= 0.6 is 0 Å². The molecule has 0 aromatic heterocycles. The number of hydrogen-bond acceptors (Lipinski definition) is 3. The van der Waals surface area contributed by atoms with Gasteiger partial charge in [-0.2, -0.15) is 0 Å². The molecule has 1 aromatic rings. The Morgan fingerprint density at radius 1 is 1.03 bits per heavy atom. The van der Waals surface area contributed by atoms with Crippen LogP contribution < -0.4 is 10.1 Å². The lowest BCUT2D eigenvalue weighted by Crippen LogP contribution is -2.41. The first-order valence-corrected chi connectivity index (χ1v) is 13.5. The maximum absolute atomic E-state index is 14.9. The third-order valence-corrected chi connectivity index (χ3v) is 8.47. The quantitative estimate of drug-likeness (QED) is 0.385. The van der Waals surface area contributed by atoms with Crippen LogP contribution in [0.15, 0.2) is 12.1 Å². The monoisotopic (exact) mass is 471 g/mol. The summed E-state index contributed by atoms with van der Waals surface area (Å²) in [4.78, 5) is 24.3. The number of rotatable bonds is 11. The first-order chi connectivity index (χ1) is 16.5. The van der Waals surface area contributed by atoms with Gasteiger partial charge in [0, 0.05) is 6.07 Å². The van der Waals surface area contributed by atoms with E-state index in [1.54, 1.807) is 6.07 Å². The third kappa shape index (κ3) is 5.92. The average Bonchev–Trinajstić information content (AvgIpc) is 3.71. The molecule has 4 aliphatic carbocycles. The number of benzene rings is 1. The van der Waals surface area contributed by atoms with Crippen LogP contribution in [0, 0.1) is 29.5 Å². The van der Waals surface area contributed by atoms with Crippen LogP contribution in [0.25, 0.3) is 0 Å². The standard InChI is InChI=1S/C28H38FNO4/c29-24-16-26(34-10-2-5-20-12-18-3-1-4-19(11-18)13-20)22(21-8-9-21)15-23(24)27(31)30-25(28(32)33)14-17-6-7-17/h15-21,25H,1-14H2,(H,30,31)(H,32,33)/t18?,19?,20?,25-/m0/s1. The molecule has 5 nitrogen and oxygen atoms in total. The Hall–Kier alpha value is -2.11. The number of fused-ring (bicyclic) bond motifs is 2. The van der Waals surface area contributed by atoms with Crippen molar-refractivity contribution in [3.05, 3.63) is 29.1 Å². The van der Waals surface area contributed by atoms with Crippen molar-refractivity contribution in [3.63, 3.8) is 0 Å². The van der Waals surface area contributed by atoms with Crippen LogP contribution in [-0.4, -0.2) is 29.6 Å². The van der Waals surface area contributed by atoms with Gasteiger partial charge in [-0.25, -0.2) is 9.18 Å². The molecule has 0 radical (unpaired) electrons. The molecule has 6 heteroatoms. The van der Waals surface area contributed by atoms with Gasteiger partial charge in [0.25, 0.3) is 5.91 Å². The maximum Gasteiger partial charge on any atom is 0.326 e. The fraction of sp³-hybridized carbons (Fsp3) is 0.714. The molecule has 34 heavy (non-hydrogen) atoms. The largest absolute Gasteiger partial charge is 0.493 e. The van der Waals surface area contributed by atoms with E-state index >= 15 is 0 Å². The predicted octanol–water partition coefficient (Wildman–Crippen LogP) is 6.06. The van der Waals surface area contributed by atoms with Gasteiger partial charge in [-0.3, -0.25) is 4.79 Å². The van der Waals surface area contributed by atoms with Gasteiger partial charge < -0.3 is 15.2 Å². The Kier molecular flexibility index (Phi) is 7.12. The highest BCUT2D eigenvalue weighted by Gasteiger charge is 2.34. The number of carbonyl (C=O) groups excluding carboxylic acids is 1. The highest BCUT2D eigenvalue weighted by atomic mass is 19.1. The number of amides is 1. The van der Waals surface area contributed by atoms with Crippen LogP contribution in [0.5, 0.6) is 5.75 Å². The zero-order valence-corrected chi connectivity index (χ0v) is 20.1. The first-order valence-electron chi connectivity index (χ1n) is 13.5. The van der Waals surface area contributed by atoms with Gasteiger partial charge in [-0.15, -0.1) is 0 Å². The smallest absolute Gasteiger partial charge is 0.326 e. The van der Waals surface area contributed by atoms with Crippen LogP contribution in [0.1, 0.15) is 105 Å². The van der Waals surface area contributed by atoms with Gasteiger partial charge in [0.05, 0.1) is 12.2 Å². The number of nitrogens with one attached hydrogen (secondary N) is 1. The molecule has 0 spiro atoms. The number of carboxylic acid groups (broad SMARTS) is 1. The van der Waals surface area contributed by atoms with Crippen LogP contribution in [0.2, 0.25) is 0 Å². The SMILES string of the molecule is O=C(N[C@@H](CC1CC1)C(=O)O)c1cc(C2CC2)c(OCCCC2CC3CCCC(C2)C3)cc1F. The maximum atomic E-state index is 14.9. The molecule has 4 fully saturated rings. The second-order valence-corrected chi connectivity index (χ2v) is 11.4. The van der Waals surface area contributed by atoms with Gasteiger partial charge >= 0.3 is 5.97 Å². The summed E-state index contributed by atoms with van der Waals surface area (Å²) >= 11 is 0. The summed E-state index contributed by atoms with van der Waals surface area (Å²) in [7, 11) is 0. The Labute approximate surface area is 201 Å². The lowest BCUT2D eigenvalue weighted by atomic mass is 9.67. The zero-order chi connectivity index (χ0) is 23.7. The second-order valence-electron chi connectivity index (χ2n) is 11.4. The molecular weight excluding hydrogens is 433 g/mol. The summed E-state index contributed by atoms with van der Waals surface area (Å²) in [6.07, 6.45) is 14.9. The summed E-state index contributed by atoms with van der Waals surface area (Å²) in [6, 6.07) is 1.96. The molecule has 5 rings (SSSR count). The number of carbonyl (C=O) groups is 2. The van der Waals surface area contributed by atoms with Crippen molar-refractivity contribution in [2.75, 3.05) is 6.61 Å². The summed E-state index contributed by atoms with van der Waals surface area (Å²) in [5.41, 5.74) is 0.804. The van der Waals surface area contributed by atoms with Crippen molar-refractivity contribution in [2.24, 2.45) is 23.7 Å². The average molecular weight is 472 g/mol. The fourth-order valence-electron chi connectivity index (χ4n) is 6.39. The summed E-state index contributed by atoms with van der Waals surface area (Å²) in [6.45, 7) is 0.568. The number of halogens is 1. The lowest BCUT2D eigenvalue weighted by Gasteiger charge is -2.39. The highest BCUT2D eigenvalue weighted by molar-refractivity contribution is 5.97. The minimum atomic E-state index is -1.07. The minimum Gasteiger partial charge on any atom is -0.493 e. The van der Waals surface area contributed by atoms with Gasteiger partial charge in [0.1, 0.15) is 17.6 Å². The number of ether oxygens (including phenoxy) is 1. The molecule has 0 heterocycles. The molecule has 2 bridgehead atoms. The number of carboxylic acids is 1. The van der Waals surface area contributed by atoms with E-state index in [9.17, 15) is 19.1 Å². The minimum absolute atomic E-state index is 0.0787. The van der Waals surface area contributed by atoms with E-state index in [1.807, 2.05) is 0 Å². The second kappa shape index (κ2) is 10.2.